The number of nitrogens with one attached hydrogen (secondary N) is 1. The van der Waals surface area contributed by atoms with Crippen LogP contribution in [-0.2, 0) is 0 Å². The number of hydrogen-bond acceptors (Lipinski definition) is 5. The summed E-state index contributed by atoms with van der Waals surface area (Å²) < 4.78 is 0.766. The number of halogens is 2. The molecule has 1 N–H and O–H groups in total. The van der Waals surface area contributed by atoms with Crippen molar-refractivity contribution in [1.82, 2.24) is 9.97 Å². The normalized spacial score (nSPS) is 10.3. The Morgan fingerprint density at radius 1 is 1.47 bits per heavy atom. The third-order valence-electron chi connectivity index (χ3n) is 2.31. The molecule has 0 spiro atoms. The predicted molar refractivity (Wildman–Crippen MR) is 75.9 cm³/mol. The Morgan fingerprint density at radius 3 is 2.89 bits per heavy atom. The van der Waals surface area contributed by atoms with Crippen molar-refractivity contribution >= 4 is 44.7 Å². The van der Waals surface area contributed by atoms with E-state index < -0.39 is 4.92 Å². The Hall–Kier alpha value is -1.73. The topological polar surface area (TPSA) is 81.0 Å². The average molecular weight is 344 g/mol. The zero-order valence-corrected chi connectivity index (χ0v) is 12.1. The highest BCUT2D eigenvalue weighted by molar-refractivity contribution is 9.10. The summed E-state index contributed by atoms with van der Waals surface area (Å²) in [7, 11) is 0. The van der Waals surface area contributed by atoms with Gasteiger partial charge in [-0.2, -0.15) is 4.98 Å². The summed E-state index contributed by atoms with van der Waals surface area (Å²) >= 11 is 9.02. The van der Waals surface area contributed by atoms with Crippen LogP contribution in [0.1, 0.15) is 5.56 Å². The second kappa shape index (κ2) is 5.50. The molecule has 0 atom stereocenters. The molecule has 0 fully saturated rings. The summed E-state index contributed by atoms with van der Waals surface area (Å²) in [6.07, 6.45) is 1.07. The van der Waals surface area contributed by atoms with Crippen molar-refractivity contribution < 1.29 is 4.92 Å². The molecule has 2 aromatic rings. The van der Waals surface area contributed by atoms with Gasteiger partial charge < -0.3 is 5.32 Å². The van der Waals surface area contributed by atoms with E-state index in [0.717, 1.165) is 16.2 Å². The molecule has 0 bridgehead atoms. The molecule has 8 heteroatoms. The van der Waals surface area contributed by atoms with Gasteiger partial charge in [-0.3, -0.25) is 10.1 Å². The smallest absolute Gasteiger partial charge is 0.329 e. The minimum Gasteiger partial charge on any atom is -0.333 e. The summed E-state index contributed by atoms with van der Waals surface area (Å²) in [4.78, 5) is 17.8. The molecule has 0 saturated heterocycles. The van der Waals surface area contributed by atoms with Gasteiger partial charge in [-0.15, -0.1) is 0 Å². The summed E-state index contributed by atoms with van der Waals surface area (Å²) in [5.41, 5.74) is 1.43. The molecular formula is C11H8BrClN4O2. The lowest BCUT2D eigenvalue weighted by atomic mass is 10.2. The summed E-state index contributed by atoms with van der Waals surface area (Å²) in [6, 6.07) is 5.59. The highest BCUT2D eigenvalue weighted by Gasteiger charge is 2.17. The van der Waals surface area contributed by atoms with Crippen molar-refractivity contribution in [3.63, 3.8) is 0 Å². The molecule has 2 rings (SSSR count). The van der Waals surface area contributed by atoms with E-state index in [-0.39, 0.29) is 16.8 Å². The first-order valence-electron chi connectivity index (χ1n) is 5.17. The molecule has 0 aliphatic carbocycles. The van der Waals surface area contributed by atoms with Gasteiger partial charge in [0, 0.05) is 4.47 Å². The van der Waals surface area contributed by atoms with E-state index in [9.17, 15) is 10.1 Å². The molecule has 0 saturated carbocycles. The number of rotatable bonds is 3. The van der Waals surface area contributed by atoms with Gasteiger partial charge in [0.2, 0.25) is 11.1 Å². The van der Waals surface area contributed by atoms with Gasteiger partial charge >= 0.3 is 5.69 Å². The molecule has 1 heterocycles. The monoisotopic (exact) mass is 342 g/mol. The number of nitrogens with zero attached hydrogens (tertiary/aromatic N) is 3. The number of anilines is 2. The van der Waals surface area contributed by atoms with E-state index >= 15 is 0 Å². The first kappa shape index (κ1) is 13.7. The lowest BCUT2D eigenvalue weighted by molar-refractivity contribution is -0.384. The number of aryl methyl sites for hydroxylation is 1. The molecule has 1 aromatic heterocycles. The van der Waals surface area contributed by atoms with Gasteiger partial charge in [-0.1, -0.05) is 6.07 Å². The first-order valence-corrected chi connectivity index (χ1v) is 6.34. The molecule has 0 aliphatic heterocycles. The Labute approximate surface area is 122 Å². The van der Waals surface area contributed by atoms with Crippen molar-refractivity contribution in [3.8, 4) is 0 Å². The van der Waals surface area contributed by atoms with E-state index in [1.165, 1.54) is 0 Å². The van der Waals surface area contributed by atoms with Crippen LogP contribution < -0.4 is 5.32 Å². The van der Waals surface area contributed by atoms with Crippen molar-refractivity contribution in [3.05, 3.63) is 49.8 Å². The molecule has 0 aliphatic rings. The second-order valence-electron chi connectivity index (χ2n) is 3.74. The lowest BCUT2D eigenvalue weighted by Crippen LogP contribution is -2.01. The second-order valence-corrected chi connectivity index (χ2v) is 4.93. The SMILES string of the molecule is Cc1ccc(Br)c(Nc2nc(Cl)ncc2[N+](=O)[O-])c1. The van der Waals surface area contributed by atoms with Crippen LogP contribution in [0, 0.1) is 17.0 Å². The molecule has 0 amide bonds. The van der Waals surface area contributed by atoms with Gasteiger partial charge in [0.1, 0.15) is 6.20 Å². The fourth-order valence-electron chi connectivity index (χ4n) is 1.44. The fraction of sp³-hybridized carbons (Fsp3) is 0.0909. The van der Waals surface area contributed by atoms with Gasteiger partial charge in [0.15, 0.2) is 0 Å². The Morgan fingerprint density at radius 2 is 2.21 bits per heavy atom. The third-order valence-corrected chi connectivity index (χ3v) is 3.19. The van der Waals surface area contributed by atoms with Crippen molar-refractivity contribution in [2.75, 3.05) is 5.32 Å². The van der Waals surface area contributed by atoms with Crippen LogP contribution in [0.4, 0.5) is 17.2 Å². The van der Waals surface area contributed by atoms with Crippen LogP contribution in [0.5, 0.6) is 0 Å². The Kier molecular flexibility index (Phi) is 3.96. The zero-order valence-electron chi connectivity index (χ0n) is 9.72. The standard InChI is InChI=1S/C11H8BrClN4O2/c1-6-2-3-7(12)8(4-6)15-10-9(17(18)19)5-14-11(13)16-10/h2-5H,1H3,(H,14,15,16). The van der Waals surface area contributed by atoms with Crippen LogP contribution in [0.25, 0.3) is 0 Å². The molecule has 98 valence electrons. The van der Waals surface area contributed by atoms with Crippen LogP contribution >= 0.6 is 27.5 Å². The van der Waals surface area contributed by atoms with Gasteiger partial charge in [0.25, 0.3) is 0 Å². The Balaban J connectivity index is 2.45. The minimum atomic E-state index is -0.567. The average Bonchev–Trinajstić information content (AvgIpc) is 2.33. The minimum absolute atomic E-state index is 0.0521. The van der Waals surface area contributed by atoms with Crippen molar-refractivity contribution in [2.24, 2.45) is 0 Å². The highest BCUT2D eigenvalue weighted by atomic mass is 79.9. The molecule has 19 heavy (non-hydrogen) atoms. The number of hydrogen-bond donors (Lipinski definition) is 1. The van der Waals surface area contributed by atoms with Gasteiger partial charge in [0.05, 0.1) is 10.6 Å². The third kappa shape index (κ3) is 3.18. The largest absolute Gasteiger partial charge is 0.333 e. The Bertz CT molecular complexity index is 651. The maximum atomic E-state index is 10.9. The van der Waals surface area contributed by atoms with Gasteiger partial charge in [-0.25, -0.2) is 4.98 Å². The number of aromatic nitrogens is 2. The van der Waals surface area contributed by atoms with E-state index in [1.807, 2.05) is 25.1 Å². The lowest BCUT2D eigenvalue weighted by Gasteiger charge is -2.09. The molecular weight excluding hydrogens is 336 g/mol. The molecule has 0 unspecified atom stereocenters. The summed E-state index contributed by atoms with van der Waals surface area (Å²) in [5, 5.41) is 13.7. The number of benzene rings is 1. The van der Waals surface area contributed by atoms with E-state index in [0.29, 0.717) is 5.69 Å². The number of nitro groups is 1. The quantitative estimate of drug-likeness (QED) is 0.520. The van der Waals surface area contributed by atoms with Crippen LogP contribution in [0.15, 0.2) is 28.9 Å². The molecule has 1 aromatic carbocycles. The molecule has 0 radical (unpaired) electrons. The van der Waals surface area contributed by atoms with E-state index in [2.05, 4.69) is 31.2 Å². The van der Waals surface area contributed by atoms with Crippen molar-refractivity contribution in [2.45, 2.75) is 6.92 Å². The summed E-state index contributed by atoms with van der Waals surface area (Å²) in [6.45, 7) is 1.92. The highest BCUT2D eigenvalue weighted by Crippen LogP contribution is 2.30. The maximum absolute atomic E-state index is 10.9. The van der Waals surface area contributed by atoms with Crippen molar-refractivity contribution in [1.29, 1.82) is 0 Å². The maximum Gasteiger partial charge on any atom is 0.329 e. The zero-order chi connectivity index (χ0) is 14.0. The summed E-state index contributed by atoms with van der Waals surface area (Å²) in [5.74, 6) is 0.0521. The fourth-order valence-corrected chi connectivity index (χ4v) is 1.92. The predicted octanol–water partition coefficient (Wildman–Crippen LogP) is 3.85. The first-order chi connectivity index (χ1) is 8.97. The van der Waals surface area contributed by atoms with E-state index in [4.69, 9.17) is 11.6 Å². The van der Waals surface area contributed by atoms with Gasteiger partial charge in [-0.05, 0) is 52.2 Å². The van der Waals surface area contributed by atoms with Crippen LogP contribution in [0.3, 0.4) is 0 Å². The van der Waals surface area contributed by atoms with E-state index in [1.54, 1.807) is 0 Å². The molecule has 6 nitrogen and oxygen atoms in total. The van der Waals surface area contributed by atoms with Crippen LogP contribution in [-0.4, -0.2) is 14.9 Å². The van der Waals surface area contributed by atoms with Crippen LogP contribution in [0.2, 0.25) is 5.28 Å².